The summed E-state index contributed by atoms with van der Waals surface area (Å²) in [5.74, 6) is -1.26. The molecule has 0 radical (unpaired) electrons. The minimum atomic E-state index is -0.407. The SMILES string of the molecule is CCOC(=O)C1=C(C)N(Cc2ccc(C(=O)N3CCC(C(=O)OCC)CC3)cc2)C(=O)C[C@H]1c1ccc(C)cc1. The molecule has 0 aliphatic carbocycles. The van der Waals surface area contributed by atoms with Crippen LogP contribution in [0.4, 0.5) is 0 Å². The van der Waals surface area contributed by atoms with Gasteiger partial charge in [0.25, 0.3) is 5.91 Å². The first-order valence-corrected chi connectivity index (χ1v) is 14.0. The highest BCUT2D eigenvalue weighted by molar-refractivity contribution is 5.96. The number of esters is 2. The molecule has 2 aliphatic rings. The molecule has 2 aliphatic heterocycles. The molecule has 0 aromatic heterocycles. The number of aryl methyl sites for hydroxylation is 1. The topological polar surface area (TPSA) is 93.2 Å². The molecule has 1 saturated heterocycles. The number of carbonyl (C=O) groups is 4. The van der Waals surface area contributed by atoms with Crippen molar-refractivity contribution >= 4 is 23.8 Å². The maximum absolute atomic E-state index is 13.3. The lowest BCUT2D eigenvalue weighted by atomic mass is 9.83. The molecule has 212 valence electrons. The first kappa shape index (κ1) is 29.1. The molecule has 0 saturated carbocycles. The van der Waals surface area contributed by atoms with Crippen LogP contribution in [0.2, 0.25) is 0 Å². The van der Waals surface area contributed by atoms with Gasteiger partial charge >= 0.3 is 11.9 Å². The number of rotatable bonds is 8. The van der Waals surface area contributed by atoms with Crippen LogP contribution in [0.3, 0.4) is 0 Å². The van der Waals surface area contributed by atoms with E-state index in [-0.39, 0.29) is 49.2 Å². The van der Waals surface area contributed by atoms with Crippen LogP contribution in [0.15, 0.2) is 59.8 Å². The molecule has 0 unspecified atom stereocenters. The van der Waals surface area contributed by atoms with E-state index in [1.807, 2.05) is 43.3 Å². The lowest BCUT2D eigenvalue weighted by Crippen LogP contribution is -2.40. The molecule has 2 aromatic rings. The number of allylic oxidation sites excluding steroid dienone is 1. The van der Waals surface area contributed by atoms with Crippen LogP contribution in [-0.4, -0.2) is 59.9 Å². The number of carbonyl (C=O) groups excluding carboxylic acids is 4. The molecule has 2 aromatic carbocycles. The van der Waals surface area contributed by atoms with Gasteiger partial charge in [-0.3, -0.25) is 14.4 Å². The monoisotopic (exact) mass is 546 g/mol. The second-order valence-corrected chi connectivity index (χ2v) is 10.4. The fourth-order valence-corrected chi connectivity index (χ4v) is 5.46. The van der Waals surface area contributed by atoms with Crippen molar-refractivity contribution in [3.63, 3.8) is 0 Å². The minimum absolute atomic E-state index is 0.0688. The number of amides is 2. The summed E-state index contributed by atoms with van der Waals surface area (Å²) in [6.45, 7) is 9.27. The summed E-state index contributed by atoms with van der Waals surface area (Å²) in [6.07, 6.45) is 1.36. The average Bonchev–Trinajstić information content (AvgIpc) is 2.95. The van der Waals surface area contributed by atoms with Gasteiger partial charge in [-0.05, 0) is 63.8 Å². The molecular formula is C32H38N2O6. The largest absolute Gasteiger partial charge is 0.466 e. The molecular weight excluding hydrogens is 508 g/mol. The summed E-state index contributed by atoms with van der Waals surface area (Å²) in [7, 11) is 0. The molecule has 0 N–H and O–H groups in total. The zero-order valence-electron chi connectivity index (χ0n) is 23.8. The fraction of sp³-hybridized carbons (Fsp3) is 0.438. The first-order chi connectivity index (χ1) is 19.2. The van der Waals surface area contributed by atoms with Crippen molar-refractivity contribution in [1.82, 2.24) is 9.80 Å². The third-order valence-electron chi connectivity index (χ3n) is 7.74. The number of piperidine rings is 1. The number of hydrogen-bond acceptors (Lipinski definition) is 6. The second-order valence-electron chi connectivity index (χ2n) is 10.4. The van der Waals surface area contributed by atoms with Crippen molar-refractivity contribution in [2.75, 3.05) is 26.3 Å². The highest BCUT2D eigenvalue weighted by Crippen LogP contribution is 2.38. The van der Waals surface area contributed by atoms with E-state index in [4.69, 9.17) is 9.47 Å². The molecule has 1 fully saturated rings. The van der Waals surface area contributed by atoms with Gasteiger partial charge in [-0.2, -0.15) is 0 Å². The van der Waals surface area contributed by atoms with Gasteiger partial charge in [-0.15, -0.1) is 0 Å². The Labute approximate surface area is 235 Å². The van der Waals surface area contributed by atoms with E-state index in [1.165, 1.54) is 0 Å². The molecule has 4 rings (SSSR count). The van der Waals surface area contributed by atoms with Crippen LogP contribution < -0.4 is 0 Å². The van der Waals surface area contributed by atoms with E-state index in [1.54, 1.807) is 42.7 Å². The van der Waals surface area contributed by atoms with Gasteiger partial charge in [0.05, 0.1) is 31.2 Å². The average molecular weight is 547 g/mol. The van der Waals surface area contributed by atoms with Crippen molar-refractivity contribution in [3.05, 3.63) is 82.1 Å². The van der Waals surface area contributed by atoms with Crippen molar-refractivity contribution in [1.29, 1.82) is 0 Å². The summed E-state index contributed by atoms with van der Waals surface area (Å²) < 4.78 is 10.5. The first-order valence-electron chi connectivity index (χ1n) is 14.0. The van der Waals surface area contributed by atoms with Crippen LogP contribution >= 0.6 is 0 Å². The Morgan fingerprint density at radius 2 is 1.50 bits per heavy atom. The van der Waals surface area contributed by atoms with E-state index in [0.717, 1.165) is 16.7 Å². The van der Waals surface area contributed by atoms with E-state index < -0.39 is 5.97 Å². The Bertz CT molecular complexity index is 1270. The predicted octanol–water partition coefficient (Wildman–Crippen LogP) is 4.76. The van der Waals surface area contributed by atoms with Crippen LogP contribution in [-0.2, 0) is 30.4 Å². The van der Waals surface area contributed by atoms with Crippen molar-refractivity contribution in [3.8, 4) is 0 Å². The smallest absolute Gasteiger partial charge is 0.336 e. The van der Waals surface area contributed by atoms with Crippen LogP contribution in [0, 0.1) is 12.8 Å². The van der Waals surface area contributed by atoms with E-state index >= 15 is 0 Å². The van der Waals surface area contributed by atoms with Gasteiger partial charge in [-0.1, -0.05) is 42.0 Å². The van der Waals surface area contributed by atoms with Crippen LogP contribution in [0.1, 0.15) is 73.0 Å². The maximum atomic E-state index is 13.3. The number of ether oxygens (including phenoxy) is 2. The molecule has 2 amide bonds. The Balaban J connectivity index is 1.48. The molecule has 8 nitrogen and oxygen atoms in total. The summed E-state index contributed by atoms with van der Waals surface area (Å²) in [5, 5.41) is 0. The zero-order chi connectivity index (χ0) is 28.8. The lowest BCUT2D eigenvalue weighted by molar-refractivity contribution is -0.149. The summed E-state index contributed by atoms with van der Waals surface area (Å²) >= 11 is 0. The molecule has 8 heteroatoms. The van der Waals surface area contributed by atoms with Crippen molar-refractivity contribution < 1.29 is 28.7 Å². The van der Waals surface area contributed by atoms with Crippen LogP contribution in [0.5, 0.6) is 0 Å². The third kappa shape index (κ3) is 6.43. The van der Waals surface area contributed by atoms with Gasteiger partial charge in [0.15, 0.2) is 0 Å². The Hall–Kier alpha value is -3.94. The second kappa shape index (κ2) is 12.9. The number of likely N-dealkylation sites (tertiary alicyclic amines) is 1. The van der Waals surface area contributed by atoms with Gasteiger partial charge in [0.2, 0.25) is 5.91 Å². The van der Waals surface area contributed by atoms with E-state index in [2.05, 4.69) is 0 Å². The summed E-state index contributed by atoms with van der Waals surface area (Å²) in [5.41, 5.74) is 4.52. The molecule has 40 heavy (non-hydrogen) atoms. The molecule has 0 spiro atoms. The van der Waals surface area contributed by atoms with Gasteiger partial charge < -0.3 is 19.3 Å². The number of nitrogens with zero attached hydrogens (tertiary/aromatic N) is 2. The van der Waals surface area contributed by atoms with Gasteiger partial charge in [0.1, 0.15) is 0 Å². The Kier molecular flexibility index (Phi) is 9.40. The molecule has 0 bridgehead atoms. The van der Waals surface area contributed by atoms with Crippen molar-refractivity contribution in [2.24, 2.45) is 5.92 Å². The van der Waals surface area contributed by atoms with Crippen molar-refractivity contribution in [2.45, 2.75) is 59.4 Å². The fourth-order valence-electron chi connectivity index (χ4n) is 5.46. The highest BCUT2D eigenvalue weighted by atomic mass is 16.5. The normalized spacial score (nSPS) is 18.1. The quantitative estimate of drug-likeness (QED) is 0.443. The third-order valence-corrected chi connectivity index (χ3v) is 7.74. The Morgan fingerprint density at radius 3 is 2.10 bits per heavy atom. The van der Waals surface area contributed by atoms with Gasteiger partial charge in [0, 0.05) is 36.7 Å². The highest BCUT2D eigenvalue weighted by Gasteiger charge is 2.37. The molecule has 1 atom stereocenters. The number of benzene rings is 2. The van der Waals surface area contributed by atoms with Gasteiger partial charge in [-0.25, -0.2) is 4.79 Å². The maximum Gasteiger partial charge on any atom is 0.336 e. The molecule has 2 heterocycles. The summed E-state index contributed by atoms with van der Waals surface area (Å²) in [6, 6.07) is 15.1. The predicted molar refractivity (Wildman–Crippen MR) is 150 cm³/mol. The lowest BCUT2D eigenvalue weighted by Gasteiger charge is -2.34. The zero-order valence-corrected chi connectivity index (χ0v) is 23.8. The number of hydrogen-bond donors (Lipinski definition) is 0. The van der Waals surface area contributed by atoms with E-state index in [0.29, 0.717) is 49.4 Å². The minimum Gasteiger partial charge on any atom is -0.466 e. The standard InChI is InChI=1S/C32H38N2O6/c1-5-39-31(37)26-15-17-33(18-16-26)30(36)25-13-9-23(10-14-25)20-34-22(4)29(32(38)40-6-2)27(19-28(34)35)24-11-7-21(3)8-12-24/h7-14,26-27H,5-6,15-20H2,1-4H3/t27-/m0/s1. The van der Waals surface area contributed by atoms with Crippen LogP contribution in [0.25, 0.3) is 0 Å². The Morgan fingerprint density at radius 1 is 0.875 bits per heavy atom. The van der Waals surface area contributed by atoms with E-state index in [9.17, 15) is 19.2 Å². The summed E-state index contributed by atoms with van der Waals surface area (Å²) in [4.78, 5) is 54.8.